The largest absolute Gasteiger partial charge is 0.325 e. The molecular formula is C10H15ClN2OS. The Morgan fingerprint density at radius 2 is 2.20 bits per heavy atom. The molecule has 0 saturated heterocycles. The highest BCUT2D eigenvalue weighted by Gasteiger charge is 2.00. The quantitative estimate of drug-likeness (QED) is 0.799. The van der Waals surface area contributed by atoms with Crippen molar-refractivity contribution in [2.45, 2.75) is 4.90 Å². The molecule has 2 N–H and O–H groups in total. The van der Waals surface area contributed by atoms with Gasteiger partial charge in [0.1, 0.15) is 0 Å². The van der Waals surface area contributed by atoms with E-state index < -0.39 is 0 Å². The van der Waals surface area contributed by atoms with Gasteiger partial charge in [0.25, 0.3) is 0 Å². The smallest absolute Gasteiger partial charge is 0.238 e. The number of halogens is 1. The molecule has 0 fully saturated rings. The van der Waals surface area contributed by atoms with E-state index >= 15 is 0 Å². The number of hydrogen-bond acceptors (Lipinski definition) is 3. The molecule has 0 heterocycles. The van der Waals surface area contributed by atoms with Gasteiger partial charge >= 0.3 is 0 Å². The number of thioether (sulfide) groups is 1. The van der Waals surface area contributed by atoms with Crippen molar-refractivity contribution in [1.29, 1.82) is 0 Å². The van der Waals surface area contributed by atoms with Crippen LogP contribution in [0.1, 0.15) is 0 Å². The number of amides is 1. The van der Waals surface area contributed by atoms with E-state index in [9.17, 15) is 4.79 Å². The zero-order valence-electron chi connectivity index (χ0n) is 8.74. The van der Waals surface area contributed by atoms with Crippen molar-refractivity contribution in [3.63, 3.8) is 0 Å². The van der Waals surface area contributed by atoms with Gasteiger partial charge in [-0.3, -0.25) is 4.79 Å². The summed E-state index contributed by atoms with van der Waals surface area (Å²) in [5.41, 5.74) is 0.845. The van der Waals surface area contributed by atoms with E-state index in [0.29, 0.717) is 6.54 Å². The Bertz CT molecular complexity index is 320. The molecule has 84 valence electrons. The molecule has 0 aromatic heterocycles. The van der Waals surface area contributed by atoms with Crippen LogP contribution in [-0.4, -0.2) is 25.8 Å². The van der Waals surface area contributed by atoms with Crippen molar-refractivity contribution in [3.05, 3.63) is 24.3 Å². The predicted molar refractivity (Wildman–Crippen MR) is 68.0 cm³/mol. The van der Waals surface area contributed by atoms with Crippen LogP contribution in [0.15, 0.2) is 29.2 Å². The Morgan fingerprint density at radius 3 is 2.80 bits per heavy atom. The highest BCUT2D eigenvalue weighted by molar-refractivity contribution is 7.98. The van der Waals surface area contributed by atoms with Crippen LogP contribution in [0, 0.1) is 0 Å². The number of anilines is 1. The van der Waals surface area contributed by atoms with Gasteiger partial charge in [0, 0.05) is 10.6 Å². The molecule has 5 heteroatoms. The van der Waals surface area contributed by atoms with Gasteiger partial charge in [-0.05, 0) is 31.5 Å². The number of benzene rings is 1. The molecule has 0 atom stereocenters. The van der Waals surface area contributed by atoms with E-state index in [1.165, 1.54) is 0 Å². The van der Waals surface area contributed by atoms with Crippen LogP contribution >= 0.6 is 24.2 Å². The topological polar surface area (TPSA) is 41.1 Å². The van der Waals surface area contributed by atoms with Gasteiger partial charge in [-0.2, -0.15) is 0 Å². The van der Waals surface area contributed by atoms with Crippen molar-refractivity contribution in [1.82, 2.24) is 5.32 Å². The summed E-state index contributed by atoms with van der Waals surface area (Å²) in [6.07, 6.45) is 2.01. The van der Waals surface area contributed by atoms with Crippen molar-refractivity contribution < 1.29 is 4.79 Å². The Hall–Kier alpha value is -0.710. The van der Waals surface area contributed by atoms with Crippen molar-refractivity contribution in [2.24, 2.45) is 0 Å². The predicted octanol–water partition coefficient (Wildman–Crippen LogP) is 1.99. The summed E-state index contributed by atoms with van der Waals surface area (Å²) in [5.74, 6) is -0.0225. The van der Waals surface area contributed by atoms with Gasteiger partial charge in [0.15, 0.2) is 0 Å². The van der Waals surface area contributed by atoms with E-state index in [-0.39, 0.29) is 18.3 Å². The number of rotatable bonds is 4. The standard InChI is InChI=1S/C10H14N2OS.ClH/c1-11-7-10(13)12-8-4-3-5-9(6-8)14-2;/h3-6,11H,7H2,1-2H3,(H,12,13);1H. The minimum Gasteiger partial charge on any atom is -0.325 e. The molecule has 0 saturated carbocycles. The molecule has 0 unspecified atom stereocenters. The first-order valence-corrected chi connectivity index (χ1v) is 5.57. The van der Waals surface area contributed by atoms with Crippen molar-refractivity contribution in [2.75, 3.05) is 25.2 Å². The molecular weight excluding hydrogens is 232 g/mol. The second-order valence-electron chi connectivity index (χ2n) is 2.81. The normalized spacial score (nSPS) is 9.20. The van der Waals surface area contributed by atoms with Gasteiger partial charge in [-0.25, -0.2) is 0 Å². The summed E-state index contributed by atoms with van der Waals surface area (Å²) in [4.78, 5) is 12.4. The summed E-state index contributed by atoms with van der Waals surface area (Å²) >= 11 is 1.66. The Balaban J connectivity index is 0.00000196. The first-order chi connectivity index (χ1) is 6.76. The third-order valence-electron chi connectivity index (χ3n) is 1.69. The maximum atomic E-state index is 11.2. The summed E-state index contributed by atoms with van der Waals surface area (Å²) in [7, 11) is 1.75. The summed E-state index contributed by atoms with van der Waals surface area (Å²) < 4.78 is 0. The van der Waals surface area contributed by atoms with Gasteiger partial charge in [-0.1, -0.05) is 6.07 Å². The first kappa shape index (κ1) is 14.3. The first-order valence-electron chi connectivity index (χ1n) is 4.34. The molecule has 15 heavy (non-hydrogen) atoms. The molecule has 0 aliphatic heterocycles. The third kappa shape index (κ3) is 5.06. The fourth-order valence-electron chi connectivity index (χ4n) is 1.07. The van der Waals surface area contributed by atoms with Crippen LogP contribution < -0.4 is 10.6 Å². The van der Waals surface area contributed by atoms with Gasteiger partial charge in [-0.15, -0.1) is 24.2 Å². The van der Waals surface area contributed by atoms with Crippen molar-refractivity contribution >= 4 is 35.8 Å². The lowest BCUT2D eigenvalue weighted by Gasteiger charge is -2.05. The molecule has 1 aromatic carbocycles. The molecule has 0 aliphatic rings. The van der Waals surface area contributed by atoms with E-state index in [4.69, 9.17) is 0 Å². The summed E-state index contributed by atoms with van der Waals surface area (Å²) in [6, 6.07) is 7.78. The van der Waals surface area contributed by atoms with Gasteiger partial charge in [0.2, 0.25) is 5.91 Å². The second kappa shape index (κ2) is 7.56. The van der Waals surface area contributed by atoms with E-state index in [1.54, 1.807) is 18.8 Å². The molecule has 1 amide bonds. The van der Waals surface area contributed by atoms with E-state index in [0.717, 1.165) is 10.6 Å². The lowest BCUT2D eigenvalue weighted by molar-refractivity contribution is -0.115. The number of hydrogen-bond donors (Lipinski definition) is 2. The van der Waals surface area contributed by atoms with Crippen LogP contribution in [0.2, 0.25) is 0 Å². The van der Waals surface area contributed by atoms with Crippen LogP contribution in [0.5, 0.6) is 0 Å². The van der Waals surface area contributed by atoms with Crippen LogP contribution in [0.4, 0.5) is 5.69 Å². The highest BCUT2D eigenvalue weighted by Crippen LogP contribution is 2.18. The lowest BCUT2D eigenvalue weighted by atomic mass is 10.3. The Morgan fingerprint density at radius 1 is 1.47 bits per heavy atom. The monoisotopic (exact) mass is 246 g/mol. The average Bonchev–Trinajstić information content (AvgIpc) is 2.18. The minimum absolute atomic E-state index is 0. The molecule has 0 aliphatic carbocycles. The summed E-state index contributed by atoms with van der Waals surface area (Å²) in [6.45, 7) is 0.337. The number of likely N-dealkylation sites (N-methyl/N-ethyl adjacent to an activating group) is 1. The highest BCUT2D eigenvalue weighted by atomic mass is 35.5. The maximum Gasteiger partial charge on any atom is 0.238 e. The van der Waals surface area contributed by atoms with Crippen molar-refractivity contribution in [3.8, 4) is 0 Å². The minimum atomic E-state index is -0.0225. The SMILES string of the molecule is CNCC(=O)Nc1cccc(SC)c1.Cl. The molecule has 0 spiro atoms. The van der Waals surface area contributed by atoms with Gasteiger partial charge < -0.3 is 10.6 Å². The number of carbonyl (C=O) groups is 1. The fourth-order valence-corrected chi connectivity index (χ4v) is 1.53. The molecule has 1 rings (SSSR count). The maximum absolute atomic E-state index is 11.2. The van der Waals surface area contributed by atoms with E-state index in [1.807, 2.05) is 30.5 Å². The zero-order chi connectivity index (χ0) is 10.4. The fraction of sp³-hybridized carbons (Fsp3) is 0.300. The number of carbonyl (C=O) groups excluding carboxylic acids is 1. The second-order valence-corrected chi connectivity index (χ2v) is 3.69. The Kier molecular flexibility index (Phi) is 7.21. The van der Waals surface area contributed by atoms with Crippen LogP contribution in [0.25, 0.3) is 0 Å². The molecule has 0 bridgehead atoms. The van der Waals surface area contributed by atoms with E-state index in [2.05, 4.69) is 10.6 Å². The molecule has 0 radical (unpaired) electrons. The zero-order valence-corrected chi connectivity index (χ0v) is 10.4. The number of nitrogens with one attached hydrogen (secondary N) is 2. The van der Waals surface area contributed by atoms with Crippen LogP contribution in [0.3, 0.4) is 0 Å². The van der Waals surface area contributed by atoms with Crippen LogP contribution in [-0.2, 0) is 4.79 Å². The lowest BCUT2D eigenvalue weighted by Crippen LogP contribution is -2.24. The Labute approximate surface area is 100 Å². The summed E-state index contributed by atoms with van der Waals surface area (Å²) in [5, 5.41) is 5.60. The third-order valence-corrected chi connectivity index (χ3v) is 2.42. The average molecular weight is 247 g/mol. The molecule has 3 nitrogen and oxygen atoms in total. The van der Waals surface area contributed by atoms with Gasteiger partial charge in [0.05, 0.1) is 6.54 Å². The molecule has 1 aromatic rings.